The van der Waals surface area contributed by atoms with E-state index in [2.05, 4.69) is 15.4 Å². The minimum atomic E-state index is -0.526. The Hall–Kier alpha value is -2.60. The molecule has 0 aliphatic rings. The summed E-state index contributed by atoms with van der Waals surface area (Å²) in [7, 11) is 1.29. The summed E-state index contributed by atoms with van der Waals surface area (Å²) in [6.07, 6.45) is 0. The normalized spacial score (nSPS) is 10.2. The van der Waals surface area contributed by atoms with E-state index in [1.807, 2.05) is 6.92 Å². The molecule has 24 heavy (non-hydrogen) atoms. The van der Waals surface area contributed by atoms with E-state index in [9.17, 15) is 14.0 Å². The Kier molecular flexibility index (Phi) is 5.76. The molecule has 0 radical (unpaired) electrons. The molecule has 0 atom stereocenters. The van der Waals surface area contributed by atoms with E-state index in [1.165, 1.54) is 25.3 Å². The summed E-state index contributed by atoms with van der Waals surface area (Å²) in [5.41, 5.74) is 2.19. The van der Waals surface area contributed by atoms with Gasteiger partial charge in [-0.25, -0.2) is 9.18 Å². The smallest absolute Gasteiger partial charge is 0.337 e. The zero-order valence-corrected chi connectivity index (χ0v) is 13.9. The summed E-state index contributed by atoms with van der Waals surface area (Å²) in [5.74, 6) is -1.33. The van der Waals surface area contributed by atoms with Crippen molar-refractivity contribution in [1.29, 1.82) is 0 Å². The number of halogens is 2. The number of benzene rings is 2. The maximum Gasteiger partial charge on any atom is 0.337 e. The van der Waals surface area contributed by atoms with E-state index >= 15 is 0 Å². The van der Waals surface area contributed by atoms with Crippen molar-refractivity contribution >= 4 is 34.9 Å². The second kappa shape index (κ2) is 7.79. The molecule has 2 aromatic rings. The van der Waals surface area contributed by atoms with Gasteiger partial charge in [-0.1, -0.05) is 17.7 Å². The molecule has 0 saturated carbocycles. The molecule has 0 aliphatic heterocycles. The molecule has 2 rings (SSSR count). The van der Waals surface area contributed by atoms with Crippen LogP contribution in [0, 0.1) is 12.7 Å². The maximum absolute atomic E-state index is 13.1. The Balaban J connectivity index is 2.01. The number of rotatable bonds is 5. The van der Waals surface area contributed by atoms with Gasteiger partial charge in [0.15, 0.2) is 0 Å². The van der Waals surface area contributed by atoms with Gasteiger partial charge in [0.25, 0.3) is 0 Å². The quantitative estimate of drug-likeness (QED) is 0.808. The third kappa shape index (κ3) is 4.45. The predicted octanol–water partition coefficient (Wildman–Crippen LogP) is 3.62. The highest BCUT2D eigenvalue weighted by Gasteiger charge is 2.10. The lowest BCUT2D eigenvalue weighted by Gasteiger charge is -2.11. The van der Waals surface area contributed by atoms with Crippen LogP contribution in [-0.4, -0.2) is 25.5 Å². The van der Waals surface area contributed by atoms with Crippen molar-refractivity contribution < 1.29 is 18.7 Å². The number of aryl methyl sites for hydroxylation is 1. The van der Waals surface area contributed by atoms with Crippen LogP contribution in [0.5, 0.6) is 0 Å². The van der Waals surface area contributed by atoms with Crippen LogP contribution < -0.4 is 10.6 Å². The summed E-state index contributed by atoms with van der Waals surface area (Å²) in [5, 5.41) is 5.53. The highest BCUT2D eigenvalue weighted by atomic mass is 35.5. The van der Waals surface area contributed by atoms with Crippen LogP contribution in [0.4, 0.5) is 15.8 Å². The molecule has 1 amide bonds. The first-order valence-electron chi connectivity index (χ1n) is 7.08. The van der Waals surface area contributed by atoms with E-state index in [-0.39, 0.29) is 17.5 Å². The third-order valence-electron chi connectivity index (χ3n) is 3.31. The van der Waals surface area contributed by atoms with Gasteiger partial charge in [-0.15, -0.1) is 0 Å². The first-order valence-corrected chi connectivity index (χ1v) is 7.46. The van der Waals surface area contributed by atoms with Gasteiger partial charge < -0.3 is 15.4 Å². The largest absolute Gasteiger partial charge is 0.465 e. The van der Waals surface area contributed by atoms with Crippen molar-refractivity contribution in [1.82, 2.24) is 0 Å². The summed E-state index contributed by atoms with van der Waals surface area (Å²) in [4.78, 5) is 23.6. The molecule has 0 saturated heterocycles. The zero-order valence-electron chi connectivity index (χ0n) is 13.2. The number of carbonyl (C=O) groups excluding carboxylic acids is 2. The summed E-state index contributed by atoms with van der Waals surface area (Å²) in [6, 6.07) is 8.98. The van der Waals surface area contributed by atoms with Gasteiger partial charge in [0.05, 0.1) is 24.2 Å². The lowest BCUT2D eigenvalue weighted by molar-refractivity contribution is -0.114. The number of carbonyl (C=O) groups is 2. The van der Waals surface area contributed by atoms with E-state index in [1.54, 1.807) is 18.2 Å². The molecule has 126 valence electrons. The second-order valence-electron chi connectivity index (χ2n) is 5.05. The van der Waals surface area contributed by atoms with Crippen molar-refractivity contribution in [3.63, 3.8) is 0 Å². The lowest BCUT2D eigenvalue weighted by Crippen LogP contribution is -2.22. The van der Waals surface area contributed by atoms with Crippen molar-refractivity contribution in [2.24, 2.45) is 0 Å². The molecule has 0 aliphatic carbocycles. The zero-order chi connectivity index (χ0) is 17.7. The highest BCUT2D eigenvalue weighted by Crippen LogP contribution is 2.20. The molecule has 0 bridgehead atoms. The van der Waals surface area contributed by atoms with E-state index in [0.717, 1.165) is 5.56 Å². The van der Waals surface area contributed by atoms with Gasteiger partial charge in [-0.3, -0.25) is 4.79 Å². The van der Waals surface area contributed by atoms with E-state index in [0.29, 0.717) is 16.9 Å². The van der Waals surface area contributed by atoms with Crippen LogP contribution in [0.3, 0.4) is 0 Å². The molecule has 0 fully saturated rings. The van der Waals surface area contributed by atoms with Gasteiger partial charge in [-0.2, -0.15) is 0 Å². The monoisotopic (exact) mass is 350 g/mol. The first-order chi connectivity index (χ1) is 11.4. The van der Waals surface area contributed by atoms with Gasteiger partial charge in [0.1, 0.15) is 5.82 Å². The minimum Gasteiger partial charge on any atom is -0.465 e. The topological polar surface area (TPSA) is 67.4 Å². The highest BCUT2D eigenvalue weighted by molar-refractivity contribution is 6.31. The maximum atomic E-state index is 13.1. The number of hydrogen-bond acceptors (Lipinski definition) is 4. The molecule has 2 aromatic carbocycles. The van der Waals surface area contributed by atoms with Gasteiger partial charge in [0, 0.05) is 11.4 Å². The predicted molar refractivity (Wildman–Crippen MR) is 91.0 cm³/mol. The van der Waals surface area contributed by atoms with Crippen molar-refractivity contribution in [2.45, 2.75) is 6.92 Å². The van der Waals surface area contributed by atoms with Crippen molar-refractivity contribution in [3.05, 3.63) is 58.4 Å². The molecule has 0 heterocycles. The lowest BCUT2D eigenvalue weighted by atomic mass is 10.1. The molecule has 5 nitrogen and oxygen atoms in total. The molecular formula is C17H16ClFN2O3. The molecular weight excluding hydrogens is 335 g/mol. The number of methoxy groups -OCH3 is 1. The first kappa shape index (κ1) is 17.7. The van der Waals surface area contributed by atoms with E-state index < -0.39 is 11.8 Å². The Bertz CT molecular complexity index is 780. The van der Waals surface area contributed by atoms with Gasteiger partial charge in [0.2, 0.25) is 5.91 Å². The fraction of sp³-hybridized carbons (Fsp3) is 0.176. The molecule has 0 spiro atoms. The minimum absolute atomic E-state index is 0.0259. The second-order valence-corrected chi connectivity index (χ2v) is 5.46. The molecule has 2 N–H and O–H groups in total. The Morgan fingerprint density at radius 2 is 1.96 bits per heavy atom. The summed E-state index contributed by atoms with van der Waals surface area (Å²) < 4.78 is 17.7. The van der Waals surface area contributed by atoms with Crippen LogP contribution in [0.25, 0.3) is 0 Å². The standard InChI is InChI=1S/C17H16ClFN2O3/c1-10-3-4-11(17(23)24-2)7-15(10)21-16(22)9-20-12-5-6-14(19)13(18)8-12/h3-8,20H,9H2,1-2H3,(H,21,22). The number of esters is 1. The fourth-order valence-corrected chi connectivity index (χ4v) is 2.16. The van der Waals surface area contributed by atoms with Crippen LogP contribution >= 0.6 is 11.6 Å². The number of hydrogen-bond donors (Lipinski definition) is 2. The van der Waals surface area contributed by atoms with Crippen LogP contribution in [0.15, 0.2) is 36.4 Å². The van der Waals surface area contributed by atoms with Crippen molar-refractivity contribution in [3.8, 4) is 0 Å². The Morgan fingerprint density at radius 3 is 2.62 bits per heavy atom. The number of amides is 1. The van der Waals surface area contributed by atoms with Gasteiger partial charge in [-0.05, 0) is 42.8 Å². The number of ether oxygens (including phenoxy) is 1. The SMILES string of the molecule is COC(=O)c1ccc(C)c(NC(=O)CNc2ccc(F)c(Cl)c2)c1. The van der Waals surface area contributed by atoms with Crippen LogP contribution in [0.2, 0.25) is 5.02 Å². The third-order valence-corrected chi connectivity index (χ3v) is 3.60. The Morgan fingerprint density at radius 1 is 1.21 bits per heavy atom. The molecule has 7 heteroatoms. The summed E-state index contributed by atoms with van der Waals surface area (Å²) >= 11 is 5.68. The summed E-state index contributed by atoms with van der Waals surface area (Å²) in [6.45, 7) is 1.77. The average molecular weight is 351 g/mol. The molecule has 0 unspecified atom stereocenters. The number of anilines is 2. The fourth-order valence-electron chi connectivity index (χ4n) is 1.98. The van der Waals surface area contributed by atoms with E-state index in [4.69, 9.17) is 11.6 Å². The van der Waals surface area contributed by atoms with Crippen molar-refractivity contribution in [2.75, 3.05) is 24.3 Å². The van der Waals surface area contributed by atoms with Crippen LogP contribution in [-0.2, 0) is 9.53 Å². The molecule has 0 aromatic heterocycles. The number of nitrogens with one attached hydrogen (secondary N) is 2. The Labute approximate surface area is 143 Å². The average Bonchev–Trinajstić information content (AvgIpc) is 2.57. The van der Waals surface area contributed by atoms with Gasteiger partial charge >= 0.3 is 5.97 Å². The van der Waals surface area contributed by atoms with Crippen LogP contribution in [0.1, 0.15) is 15.9 Å².